The molecule has 1 nitrogen and oxygen atoms in total. The highest BCUT2D eigenvalue weighted by Crippen LogP contribution is 2.16. The summed E-state index contributed by atoms with van der Waals surface area (Å²) in [7, 11) is 0. The zero-order valence-corrected chi connectivity index (χ0v) is 5.93. The summed E-state index contributed by atoms with van der Waals surface area (Å²) in [4.78, 5) is 10.4. The normalized spacial score (nSPS) is 8.00. The Kier molecular flexibility index (Phi) is 4.90. The first kappa shape index (κ1) is 7.85. The first-order valence-corrected chi connectivity index (χ1v) is 3.66. The van der Waals surface area contributed by atoms with Gasteiger partial charge in [-0.3, -0.25) is 4.79 Å². The predicted octanol–water partition coefficient (Wildman–Crippen LogP) is 2.86. The summed E-state index contributed by atoms with van der Waals surface area (Å²) in [6.45, 7) is 6.75. The molecular weight excluding hydrogens is 140 g/mol. The largest absolute Gasteiger partial charge is 0.274 e. The Labute approximate surface area is 57.2 Å². The van der Waals surface area contributed by atoms with E-state index in [1.807, 2.05) is 0 Å². The second-order valence-electron chi connectivity index (χ2n) is 0.819. The first-order valence-electron chi connectivity index (χ1n) is 1.90. The molecule has 0 atom stereocenters. The number of carbonyl (C=O) groups excluding carboxylic acids is 1. The number of rotatable bonds is 2. The topological polar surface area (TPSA) is 17.1 Å². The zero-order valence-electron chi connectivity index (χ0n) is 4.29. The quantitative estimate of drug-likeness (QED) is 0.596. The molecule has 44 valence electrons. The summed E-state index contributed by atoms with van der Waals surface area (Å²) < 4.78 is 0.00926. The Morgan fingerprint density at radius 3 is 1.88 bits per heavy atom. The van der Waals surface area contributed by atoms with Crippen molar-refractivity contribution in [2.24, 2.45) is 0 Å². The maximum absolute atomic E-state index is 10.4. The van der Waals surface area contributed by atoms with Crippen molar-refractivity contribution in [3.63, 3.8) is 0 Å². The van der Waals surface area contributed by atoms with E-state index >= 15 is 0 Å². The molecule has 0 aromatic carbocycles. The molecule has 8 heavy (non-hydrogen) atoms. The standard InChI is InChI=1S/C5H6OS2/c1-3-7-5(6)8-4-2/h3-4H,1-2H2. The van der Waals surface area contributed by atoms with E-state index in [1.54, 1.807) is 0 Å². The van der Waals surface area contributed by atoms with Crippen LogP contribution in [0.4, 0.5) is 4.79 Å². The number of thioether (sulfide) groups is 2. The second-order valence-corrected chi connectivity index (χ2v) is 2.96. The molecule has 0 aliphatic heterocycles. The molecule has 0 rings (SSSR count). The van der Waals surface area contributed by atoms with Gasteiger partial charge in [0.05, 0.1) is 0 Å². The van der Waals surface area contributed by atoms with Crippen LogP contribution in [0.3, 0.4) is 0 Å². The van der Waals surface area contributed by atoms with E-state index in [4.69, 9.17) is 0 Å². The van der Waals surface area contributed by atoms with Crippen LogP contribution in [0, 0.1) is 0 Å². The van der Waals surface area contributed by atoms with Crippen LogP contribution in [0.2, 0.25) is 0 Å². The van der Waals surface area contributed by atoms with Crippen LogP contribution in [0.25, 0.3) is 0 Å². The van der Waals surface area contributed by atoms with Gasteiger partial charge in [-0.1, -0.05) is 13.2 Å². The third-order valence-electron chi connectivity index (χ3n) is 0.359. The Morgan fingerprint density at radius 1 is 1.25 bits per heavy atom. The predicted molar refractivity (Wildman–Crippen MR) is 41.0 cm³/mol. The van der Waals surface area contributed by atoms with Gasteiger partial charge in [-0.25, -0.2) is 0 Å². The molecule has 0 radical (unpaired) electrons. The lowest BCUT2D eigenvalue weighted by molar-refractivity contribution is 0.277. The van der Waals surface area contributed by atoms with Gasteiger partial charge in [0.1, 0.15) is 0 Å². The summed E-state index contributed by atoms with van der Waals surface area (Å²) in [6.07, 6.45) is 0. The van der Waals surface area contributed by atoms with Gasteiger partial charge < -0.3 is 0 Å². The van der Waals surface area contributed by atoms with Crippen molar-refractivity contribution in [2.45, 2.75) is 0 Å². The summed E-state index contributed by atoms with van der Waals surface area (Å²) >= 11 is 2.15. The van der Waals surface area contributed by atoms with E-state index in [0.717, 1.165) is 23.5 Å². The number of carbonyl (C=O) groups is 1. The Balaban J connectivity index is 3.32. The van der Waals surface area contributed by atoms with Gasteiger partial charge in [0, 0.05) is 0 Å². The second kappa shape index (κ2) is 5.00. The third-order valence-corrected chi connectivity index (χ3v) is 1.65. The van der Waals surface area contributed by atoms with Crippen molar-refractivity contribution < 1.29 is 4.79 Å². The van der Waals surface area contributed by atoms with Gasteiger partial charge in [0.15, 0.2) is 0 Å². The van der Waals surface area contributed by atoms with E-state index < -0.39 is 0 Å². The summed E-state index contributed by atoms with van der Waals surface area (Å²) in [5, 5.41) is 3.00. The van der Waals surface area contributed by atoms with Gasteiger partial charge in [-0.2, -0.15) is 0 Å². The summed E-state index contributed by atoms with van der Waals surface area (Å²) in [5.74, 6) is 0. The van der Waals surface area contributed by atoms with Crippen molar-refractivity contribution in [2.75, 3.05) is 0 Å². The molecule has 0 aromatic heterocycles. The molecule has 0 spiro atoms. The fourth-order valence-corrected chi connectivity index (χ4v) is 1.07. The molecule has 0 aromatic rings. The average Bonchev–Trinajstić information content (AvgIpc) is 1.68. The smallest absolute Gasteiger partial charge is 0.254 e. The SMILES string of the molecule is C=CSC(=O)SC=C. The maximum Gasteiger partial charge on any atom is 0.254 e. The van der Waals surface area contributed by atoms with E-state index in [1.165, 1.54) is 10.8 Å². The fourth-order valence-electron chi connectivity index (χ4n) is 0.164. The molecule has 0 amide bonds. The lowest BCUT2D eigenvalue weighted by Crippen LogP contribution is -1.69. The van der Waals surface area contributed by atoms with Gasteiger partial charge in [-0.15, -0.1) is 0 Å². The molecule has 0 aliphatic carbocycles. The van der Waals surface area contributed by atoms with Crippen molar-refractivity contribution in [1.82, 2.24) is 0 Å². The Hall–Kier alpha value is -0.150. The van der Waals surface area contributed by atoms with Crippen molar-refractivity contribution in [1.29, 1.82) is 0 Å². The number of hydrogen-bond acceptors (Lipinski definition) is 3. The minimum Gasteiger partial charge on any atom is -0.274 e. The molecule has 0 unspecified atom stereocenters. The van der Waals surface area contributed by atoms with E-state index in [2.05, 4.69) is 13.2 Å². The zero-order chi connectivity index (χ0) is 6.41. The lowest BCUT2D eigenvalue weighted by atomic mass is 11.3. The molecule has 0 saturated heterocycles. The summed E-state index contributed by atoms with van der Waals surface area (Å²) in [6, 6.07) is 0. The monoisotopic (exact) mass is 146 g/mol. The van der Waals surface area contributed by atoms with Crippen LogP contribution in [0.5, 0.6) is 0 Å². The third kappa shape index (κ3) is 4.02. The van der Waals surface area contributed by atoms with Crippen LogP contribution < -0.4 is 0 Å². The minimum atomic E-state index is 0.00926. The molecule has 0 aliphatic rings. The Bertz CT molecular complexity index is 97.0. The van der Waals surface area contributed by atoms with Crippen LogP contribution in [0.1, 0.15) is 0 Å². The molecule has 0 saturated carbocycles. The van der Waals surface area contributed by atoms with Crippen LogP contribution >= 0.6 is 23.5 Å². The van der Waals surface area contributed by atoms with Crippen molar-refractivity contribution in [3.8, 4) is 0 Å². The van der Waals surface area contributed by atoms with Gasteiger partial charge in [0.25, 0.3) is 4.45 Å². The van der Waals surface area contributed by atoms with Gasteiger partial charge >= 0.3 is 0 Å². The van der Waals surface area contributed by atoms with E-state index in [9.17, 15) is 4.79 Å². The minimum absolute atomic E-state index is 0.00926. The Morgan fingerprint density at radius 2 is 1.62 bits per heavy atom. The maximum atomic E-state index is 10.4. The van der Waals surface area contributed by atoms with E-state index in [0.29, 0.717) is 0 Å². The molecule has 0 heterocycles. The fraction of sp³-hybridized carbons (Fsp3) is 0. The highest BCUT2D eigenvalue weighted by molar-refractivity contribution is 8.40. The lowest BCUT2D eigenvalue weighted by Gasteiger charge is -1.83. The van der Waals surface area contributed by atoms with Gasteiger partial charge in [0.2, 0.25) is 0 Å². The summed E-state index contributed by atoms with van der Waals surface area (Å²) in [5.41, 5.74) is 0. The number of hydrogen-bond donors (Lipinski definition) is 0. The van der Waals surface area contributed by atoms with Crippen molar-refractivity contribution in [3.05, 3.63) is 24.0 Å². The first-order chi connectivity index (χ1) is 3.81. The highest BCUT2D eigenvalue weighted by atomic mass is 32.2. The average molecular weight is 146 g/mol. The molecule has 0 fully saturated rings. The van der Waals surface area contributed by atoms with Gasteiger partial charge in [-0.05, 0) is 34.3 Å². The van der Waals surface area contributed by atoms with Crippen LogP contribution in [0.15, 0.2) is 24.0 Å². The highest BCUT2D eigenvalue weighted by Gasteiger charge is 1.93. The van der Waals surface area contributed by atoms with Crippen LogP contribution in [-0.2, 0) is 0 Å². The van der Waals surface area contributed by atoms with E-state index in [-0.39, 0.29) is 4.45 Å². The molecule has 3 heteroatoms. The van der Waals surface area contributed by atoms with Crippen molar-refractivity contribution >= 4 is 28.0 Å². The molecule has 0 N–H and O–H groups in total. The molecule has 0 bridgehead atoms. The van der Waals surface area contributed by atoms with Crippen LogP contribution in [-0.4, -0.2) is 4.45 Å². The molecular formula is C5H6OS2.